The molecular weight excluding hydrogens is 240 g/mol. The molecule has 0 radical (unpaired) electrons. The van der Waals surface area contributed by atoms with Crippen molar-refractivity contribution in [1.82, 2.24) is 4.90 Å². The summed E-state index contributed by atoms with van der Waals surface area (Å²) in [5.74, 6) is 0.886. The molecule has 0 spiro atoms. The van der Waals surface area contributed by atoms with E-state index >= 15 is 0 Å². The summed E-state index contributed by atoms with van der Waals surface area (Å²) in [5.41, 5.74) is 8.64. The molecule has 0 saturated carbocycles. The number of carbonyl (C=O) groups excluding carboxylic acids is 1. The number of fused-ring (bicyclic) bond motifs is 1. The molecule has 2 rings (SSSR count). The average Bonchev–Trinajstić information content (AvgIpc) is 2.39. The number of aryl methyl sites for hydroxylation is 1. The van der Waals surface area contributed by atoms with Gasteiger partial charge in [-0.05, 0) is 42.5 Å². The van der Waals surface area contributed by atoms with Gasteiger partial charge in [-0.25, -0.2) is 0 Å². The van der Waals surface area contributed by atoms with E-state index in [1.165, 1.54) is 11.1 Å². The minimum Gasteiger partial charge on any atom is -0.493 e. The number of ether oxygens (including phenoxy) is 1. The zero-order valence-corrected chi connectivity index (χ0v) is 11.7. The number of carbonyl (C=O) groups is 1. The number of hydrogen-bond acceptors (Lipinski definition) is 3. The van der Waals surface area contributed by atoms with Crippen molar-refractivity contribution in [2.45, 2.75) is 31.7 Å². The van der Waals surface area contributed by atoms with Crippen LogP contribution in [0.5, 0.6) is 5.75 Å². The molecule has 1 atom stereocenters. The SMILES string of the molecule is CN(C)C(=O)CCOc1ccc2c(c1)C(N)CCC2. The Morgan fingerprint density at radius 1 is 1.47 bits per heavy atom. The average molecular weight is 262 g/mol. The van der Waals surface area contributed by atoms with E-state index < -0.39 is 0 Å². The van der Waals surface area contributed by atoms with Crippen LogP contribution in [0.25, 0.3) is 0 Å². The Kier molecular flexibility index (Phi) is 4.43. The highest BCUT2D eigenvalue weighted by atomic mass is 16.5. The van der Waals surface area contributed by atoms with Gasteiger partial charge in [0.05, 0.1) is 13.0 Å². The van der Waals surface area contributed by atoms with Gasteiger partial charge in [0.2, 0.25) is 5.91 Å². The molecule has 0 saturated heterocycles. The van der Waals surface area contributed by atoms with Crippen LogP contribution >= 0.6 is 0 Å². The van der Waals surface area contributed by atoms with Gasteiger partial charge in [0, 0.05) is 20.1 Å². The first-order valence-corrected chi connectivity index (χ1v) is 6.79. The van der Waals surface area contributed by atoms with E-state index in [4.69, 9.17) is 10.5 Å². The van der Waals surface area contributed by atoms with Crippen molar-refractivity contribution >= 4 is 5.91 Å². The first-order valence-electron chi connectivity index (χ1n) is 6.79. The van der Waals surface area contributed by atoms with E-state index in [0.29, 0.717) is 13.0 Å². The second kappa shape index (κ2) is 6.06. The third-order valence-corrected chi connectivity index (χ3v) is 3.56. The second-order valence-corrected chi connectivity index (χ2v) is 5.25. The van der Waals surface area contributed by atoms with E-state index in [1.807, 2.05) is 12.1 Å². The molecule has 4 heteroatoms. The summed E-state index contributed by atoms with van der Waals surface area (Å²) in [6, 6.07) is 6.21. The third-order valence-electron chi connectivity index (χ3n) is 3.56. The lowest BCUT2D eigenvalue weighted by molar-refractivity contribution is -0.129. The summed E-state index contributed by atoms with van der Waals surface area (Å²) in [6.45, 7) is 0.408. The van der Waals surface area contributed by atoms with Crippen molar-refractivity contribution in [3.63, 3.8) is 0 Å². The lowest BCUT2D eigenvalue weighted by Gasteiger charge is -2.22. The topological polar surface area (TPSA) is 55.6 Å². The fourth-order valence-corrected chi connectivity index (χ4v) is 2.38. The van der Waals surface area contributed by atoms with Gasteiger partial charge >= 0.3 is 0 Å². The molecule has 2 N–H and O–H groups in total. The lowest BCUT2D eigenvalue weighted by atomic mass is 9.88. The van der Waals surface area contributed by atoms with Crippen LogP contribution in [0.3, 0.4) is 0 Å². The fraction of sp³-hybridized carbons (Fsp3) is 0.533. The van der Waals surface area contributed by atoms with Crippen molar-refractivity contribution in [1.29, 1.82) is 0 Å². The summed E-state index contributed by atoms with van der Waals surface area (Å²) in [4.78, 5) is 13.0. The maximum Gasteiger partial charge on any atom is 0.225 e. The van der Waals surface area contributed by atoms with Crippen molar-refractivity contribution in [3.8, 4) is 5.75 Å². The van der Waals surface area contributed by atoms with E-state index in [-0.39, 0.29) is 11.9 Å². The largest absolute Gasteiger partial charge is 0.493 e. The van der Waals surface area contributed by atoms with E-state index in [2.05, 4.69) is 6.07 Å². The molecule has 0 fully saturated rings. The van der Waals surface area contributed by atoms with Gasteiger partial charge in [0.1, 0.15) is 5.75 Å². The van der Waals surface area contributed by atoms with Gasteiger partial charge in [-0.15, -0.1) is 0 Å². The third kappa shape index (κ3) is 3.47. The van der Waals surface area contributed by atoms with Gasteiger partial charge in [-0.3, -0.25) is 4.79 Å². The van der Waals surface area contributed by atoms with Crippen LogP contribution in [0.2, 0.25) is 0 Å². The second-order valence-electron chi connectivity index (χ2n) is 5.25. The molecule has 0 heterocycles. The van der Waals surface area contributed by atoms with Crippen molar-refractivity contribution in [3.05, 3.63) is 29.3 Å². The standard InChI is InChI=1S/C15H22N2O2/c1-17(2)15(18)8-9-19-12-7-6-11-4-3-5-14(16)13(11)10-12/h6-7,10,14H,3-5,8-9,16H2,1-2H3. The van der Waals surface area contributed by atoms with Crippen molar-refractivity contribution < 1.29 is 9.53 Å². The van der Waals surface area contributed by atoms with E-state index in [9.17, 15) is 4.79 Å². The monoisotopic (exact) mass is 262 g/mol. The van der Waals surface area contributed by atoms with Gasteiger partial charge in [0.15, 0.2) is 0 Å². The molecule has 1 aromatic rings. The Morgan fingerprint density at radius 2 is 2.26 bits per heavy atom. The number of nitrogens with zero attached hydrogens (tertiary/aromatic N) is 1. The molecule has 4 nitrogen and oxygen atoms in total. The van der Waals surface area contributed by atoms with Crippen LogP contribution < -0.4 is 10.5 Å². The molecule has 0 bridgehead atoms. The smallest absolute Gasteiger partial charge is 0.225 e. The Balaban J connectivity index is 1.95. The van der Waals surface area contributed by atoms with Gasteiger partial charge in [-0.1, -0.05) is 6.07 Å². The minimum atomic E-state index is 0.0784. The molecule has 0 aromatic heterocycles. The molecule has 1 aromatic carbocycles. The van der Waals surface area contributed by atoms with Crippen LogP contribution in [0.1, 0.15) is 36.4 Å². The Bertz CT molecular complexity index is 457. The quantitative estimate of drug-likeness (QED) is 0.901. The normalized spacial score (nSPS) is 17.7. The molecular formula is C15H22N2O2. The highest BCUT2D eigenvalue weighted by Crippen LogP contribution is 2.30. The van der Waals surface area contributed by atoms with Crippen LogP contribution in [-0.2, 0) is 11.2 Å². The van der Waals surface area contributed by atoms with Crippen LogP contribution in [0, 0.1) is 0 Å². The molecule has 1 amide bonds. The van der Waals surface area contributed by atoms with Crippen LogP contribution in [-0.4, -0.2) is 31.5 Å². The van der Waals surface area contributed by atoms with Crippen molar-refractivity contribution in [2.24, 2.45) is 5.73 Å². The van der Waals surface area contributed by atoms with Gasteiger partial charge < -0.3 is 15.4 Å². The van der Waals surface area contributed by atoms with Crippen molar-refractivity contribution in [2.75, 3.05) is 20.7 Å². The number of nitrogens with two attached hydrogens (primary N) is 1. The molecule has 19 heavy (non-hydrogen) atoms. The van der Waals surface area contributed by atoms with Crippen LogP contribution in [0.4, 0.5) is 0 Å². The first-order chi connectivity index (χ1) is 9.08. The summed E-state index contributed by atoms with van der Waals surface area (Å²) in [7, 11) is 3.50. The predicted molar refractivity (Wildman–Crippen MR) is 75.1 cm³/mol. The minimum absolute atomic E-state index is 0.0784. The molecule has 1 unspecified atom stereocenters. The van der Waals surface area contributed by atoms with Crippen LogP contribution in [0.15, 0.2) is 18.2 Å². The maximum absolute atomic E-state index is 11.4. The predicted octanol–water partition coefficient (Wildman–Crippen LogP) is 1.88. The number of amides is 1. The van der Waals surface area contributed by atoms with E-state index in [1.54, 1.807) is 19.0 Å². The Hall–Kier alpha value is -1.55. The fourth-order valence-electron chi connectivity index (χ4n) is 2.38. The number of rotatable bonds is 4. The number of benzene rings is 1. The molecule has 0 aliphatic heterocycles. The molecule has 1 aliphatic carbocycles. The molecule has 104 valence electrons. The summed E-state index contributed by atoms with van der Waals surface area (Å²) >= 11 is 0. The van der Waals surface area contributed by atoms with Gasteiger partial charge in [0.25, 0.3) is 0 Å². The zero-order valence-electron chi connectivity index (χ0n) is 11.7. The van der Waals surface area contributed by atoms with E-state index in [0.717, 1.165) is 25.0 Å². The summed E-state index contributed by atoms with van der Waals surface area (Å²) in [6.07, 6.45) is 3.69. The molecule has 1 aliphatic rings. The zero-order chi connectivity index (χ0) is 13.8. The highest BCUT2D eigenvalue weighted by molar-refractivity contribution is 5.75. The highest BCUT2D eigenvalue weighted by Gasteiger charge is 2.17. The maximum atomic E-state index is 11.4. The summed E-state index contributed by atoms with van der Waals surface area (Å²) in [5, 5.41) is 0. The first kappa shape index (κ1) is 13.9. The van der Waals surface area contributed by atoms with Gasteiger partial charge in [-0.2, -0.15) is 0 Å². The number of hydrogen-bond donors (Lipinski definition) is 1. The lowest BCUT2D eigenvalue weighted by Crippen LogP contribution is -2.23. The Labute approximate surface area is 114 Å². The Morgan fingerprint density at radius 3 is 3.00 bits per heavy atom. The summed E-state index contributed by atoms with van der Waals surface area (Å²) < 4.78 is 5.64.